The van der Waals surface area contributed by atoms with Crippen molar-refractivity contribution in [2.75, 3.05) is 13.2 Å². The average Bonchev–Trinajstić information content (AvgIpc) is 3.30. The molecule has 0 aliphatic rings. The number of hydrogen-bond acceptors (Lipinski definition) is 6. The van der Waals surface area contributed by atoms with E-state index in [4.69, 9.17) is 14.2 Å². The summed E-state index contributed by atoms with van der Waals surface area (Å²) in [6.07, 6.45) is 68.7. The van der Waals surface area contributed by atoms with Crippen molar-refractivity contribution in [1.29, 1.82) is 0 Å². The van der Waals surface area contributed by atoms with Gasteiger partial charge in [0.05, 0.1) is 0 Å². The van der Waals surface area contributed by atoms with Gasteiger partial charge in [-0.05, 0) is 83.5 Å². The summed E-state index contributed by atoms with van der Waals surface area (Å²) in [5.41, 5.74) is 0. The summed E-state index contributed by atoms with van der Waals surface area (Å²) in [6.45, 7) is 6.44. The molecule has 0 radical (unpaired) electrons. The second-order valence-corrected chi connectivity index (χ2v) is 17.8. The maximum atomic E-state index is 12.8. The van der Waals surface area contributed by atoms with E-state index in [0.717, 1.165) is 77.0 Å². The van der Waals surface area contributed by atoms with Crippen LogP contribution in [0.15, 0.2) is 85.1 Å². The van der Waals surface area contributed by atoms with Crippen molar-refractivity contribution >= 4 is 17.9 Å². The summed E-state index contributed by atoms with van der Waals surface area (Å²) in [5.74, 6) is -0.994. The van der Waals surface area contributed by atoms with Crippen LogP contribution in [0, 0.1) is 0 Å². The lowest BCUT2D eigenvalue weighted by atomic mass is 10.1. The lowest BCUT2D eigenvalue weighted by Crippen LogP contribution is -2.30. The number of ether oxygens (including phenoxy) is 3. The molecule has 0 aromatic rings. The molecule has 0 amide bonds. The van der Waals surface area contributed by atoms with E-state index < -0.39 is 6.10 Å². The summed E-state index contributed by atoms with van der Waals surface area (Å²) >= 11 is 0. The molecule has 65 heavy (non-hydrogen) atoms. The van der Waals surface area contributed by atoms with Gasteiger partial charge in [0.25, 0.3) is 0 Å². The molecular weight excluding hydrogens is 805 g/mol. The zero-order valence-corrected chi connectivity index (χ0v) is 42.5. The fourth-order valence-corrected chi connectivity index (χ4v) is 7.35. The molecule has 0 rings (SSSR count). The van der Waals surface area contributed by atoms with E-state index in [1.54, 1.807) is 0 Å². The van der Waals surface area contributed by atoms with Crippen LogP contribution < -0.4 is 0 Å². The van der Waals surface area contributed by atoms with Crippen LogP contribution in [0.1, 0.15) is 252 Å². The van der Waals surface area contributed by atoms with E-state index in [9.17, 15) is 14.4 Å². The minimum Gasteiger partial charge on any atom is -0.462 e. The third-order valence-corrected chi connectivity index (χ3v) is 11.4. The van der Waals surface area contributed by atoms with Crippen molar-refractivity contribution < 1.29 is 28.6 Å². The first-order valence-corrected chi connectivity index (χ1v) is 27.1. The quantitative estimate of drug-likeness (QED) is 0.0262. The Kier molecular flexibility index (Phi) is 50.4. The van der Waals surface area contributed by atoms with Gasteiger partial charge in [0.2, 0.25) is 0 Å². The van der Waals surface area contributed by atoms with Crippen molar-refractivity contribution in [3.8, 4) is 0 Å². The van der Waals surface area contributed by atoms with Gasteiger partial charge in [0, 0.05) is 19.3 Å². The Bertz CT molecular complexity index is 1270. The molecule has 372 valence electrons. The Morgan fingerprint density at radius 1 is 0.323 bits per heavy atom. The summed E-state index contributed by atoms with van der Waals surface area (Å²) in [4.78, 5) is 37.9. The minimum atomic E-state index is -0.807. The Morgan fingerprint density at radius 2 is 0.631 bits per heavy atom. The summed E-state index contributed by atoms with van der Waals surface area (Å²) in [7, 11) is 0. The highest BCUT2D eigenvalue weighted by molar-refractivity contribution is 5.71. The van der Waals surface area contributed by atoms with Gasteiger partial charge in [0.1, 0.15) is 13.2 Å². The van der Waals surface area contributed by atoms with Crippen LogP contribution in [0.3, 0.4) is 0 Å². The summed E-state index contributed by atoms with van der Waals surface area (Å²) in [6, 6.07) is 0. The van der Waals surface area contributed by atoms with Crippen LogP contribution in [-0.2, 0) is 28.6 Å². The van der Waals surface area contributed by atoms with Crippen LogP contribution in [0.25, 0.3) is 0 Å². The molecule has 0 aliphatic carbocycles. The van der Waals surface area contributed by atoms with E-state index in [2.05, 4.69) is 99.8 Å². The number of unbranched alkanes of at least 4 members (excludes halogenated alkanes) is 23. The predicted octanol–water partition coefficient (Wildman–Crippen LogP) is 18.0. The second kappa shape index (κ2) is 53.2. The lowest BCUT2D eigenvalue weighted by molar-refractivity contribution is -0.166. The first kappa shape index (κ1) is 61.6. The topological polar surface area (TPSA) is 78.9 Å². The first-order valence-electron chi connectivity index (χ1n) is 27.1. The number of esters is 3. The number of rotatable bonds is 48. The SMILES string of the molecule is CC/C=C\C/C=C\C/C=C\C/C=C\C/C=C\C/C=C\CCC(=O)OCC(COC(=O)CCCCCCCCCCC)OC(=O)CCCCCCCCC/C=C\CCCCCCCCCC. The fraction of sp³-hybridized carbons (Fsp3) is 0.712. The van der Waals surface area contributed by atoms with E-state index in [1.807, 2.05) is 6.08 Å². The van der Waals surface area contributed by atoms with Crippen molar-refractivity contribution in [1.82, 2.24) is 0 Å². The van der Waals surface area contributed by atoms with Crippen LogP contribution in [0.2, 0.25) is 0 Å². The van der Waals surface area contributed by atoms with Gasteiger partial charge in [-0.25, -0.2) is 0 Å². The highest BCUT2D eigenvalue weighted by atomic mass is 16.6. The van der Waals surface area contributed by atoms with Gasteiger partial charge in [-0.2, -0.15) is 0 Å². The molecule has 0 spiro atoms. The van der Waals surface area contributed by atoms with Gasteiger partial charge in [-0.3, -0.25) is 14.4 Å². The number of hydrogen-bond donors (Lipinski definition) is 0. The predicted molar refractivity (Wildman–Crippen MR) is 279 cm³/mol. The highest BCUT2D eigenvalue weighted by Crippen LogP contribution is 2.14. The Hall–Kier alpha value is -3.41. The molecule has 6 heteroatoms. The second-order valence-electron chi connectivity index (χ2n) is 17.8. The molecule has 0 saturated heterocycles. The Labute approximate surface area is 401 Å². The standard InChI is InChI=1S/C59H100O6/c1-4-7-10-13-16-19-21-23-25-27-29-31-33-35-37-40-43-46-49-52-58(61)64-55-56(54-63-57(60)51-48-45-42-39-18-15-12-9-6-3)65-59(62)53-50-47-44-41-38-36-34-32-30-28-26-24-22-20-17-14-11-8-5-2/h7,10,16,19,23,25,28-31,35,37,43,46,56H,4-6,8-9,11-15,17-18,20-22,24,26-27,32-34,36,38-42,44-45,47-55H2,1-3H3/b10-7-,19-16-,25-23-,30-28-,31-29-,37-35-,46-43-. The third-order valence-electron chi connectivity index (χ3n) is 11.4. The molecule has 0 heterocycles. The summed E-state index contributed by atoms with van der Waals surface area (Å²) in [5, 5.41) is 0. The fourth-order valence-electron chi connectivity index (χ4n) is 7.35. The van der Waals surface area contributed by atoms with Crippen molar-refractivity contribution in [2.24, 2.45) is 0 Å². The zero-order chi connectivity index (χ0) is 47.2. The van der Waals surface area contributed by atoms with Crippen molar-refractivity contribution in [2.45, 2.75) is 258 Å². The molecule has 0 aromatic carbocycles. The van der Waals surface area contributed by atoms with Gasteiger partial charge in [0.15, 0.2) is 6.10 Å². The molecule has 1 atom stereocenters. The number of allylic oxidation sites excluding steroid dienone is 14. The number of carbonyl (C=O) groups excluding carboxylic acids is 3. The molecular formula is C59H100O6. The molecule has 0 bridgehead atoms. The lowest BCUT2D eigenvalue weighted by Gasteiger charge is -2.18. The van der Waals surface area contributed by atoms with Gasteiger partial charge >= 0.3 is 17.9 Å². The monoisotopic (exact) mass is 905 g/mol. The first-order chi connectivity index (χ1) is 32.0. The normalized spacial score (nSPS) is 12.7. The molecule has 1 unspecified atom stereocenters. The summed E-state index contributed by atoms with van der Waals surface area (Å²) < 4.78 is 16.7. The number of carbonyl (C=O) groups is 3. The largest absolute Gasteiger partial charge is 0.462 e. The van der Waals surface area contributed by atoms with Crippen molar-refractivity contribution in [3.63, 3.8) is 0 Å². The van der Waals surface area contributed by atoms with Gasteiger partial charge < -0.3 is 14.2 Å². The van der Waals surface area contributed by atoms with Crippen LogP contribution in [0.5, 0.6) is 0 Å². The molecule has 0 aliphatic heterocycles. The molecule has 0 N–H and O–H groups in total. The van der Waals surface area contributed by atoms with Crippen molar-refractivity contribution in [3.05, 3.63) is 85.1 Å². The van der Waals surface area contributed by atoms with E-state index >= 15 is 0 Å². The molecule has 0 aromatic heterocycles. The minimum absolute atomic E-state index is 0.100. The Morgan fingerprint density at radius 3 is 1.03 bits per heavy atom. The molecule has 0 fully saturated rings. The third kappa shape index (κ3) is 51.4. The maximum Gasteiger partial charge on any atom is 0.306 e. The molecule has 6 nitrogen and oxygen atoms in total. The zero-order valence-electron chi connectivity index (χ0n) is 42.5. The van der Waals surface area contributed by atoms with E-state index in [-0.39, 0.29) is 37.5 Å². The smallest absolute Gasteiger partial charge is 0.306 e. The van der Waals surface area contributed by atoms with Crippen LogP contribution >= 0.6 is 0 Å². The average molecular weight is 905 g/mol. The highest BCUT2D eigenvalue weighted by Gasteiger charge is 2.19. The van der Waals surface area contributed by atoms with Crippen LogP contribution in [-0.4, -0.2) is 37.2 Å². The van der Waals surface area contributed by atoms with E-state index in [1.165, 1.54) is 128 Å². The Balaban J connectivity index is 4.42. The maximum absolute atomic E-state index is 12.8. The van der Waals surface area contributed by atoms with Crippen LogP contribution in [0.4, 0.5) is 0 Å². The van der Waals surface area contributed by atoms with Gasteiger partial charge in [-0.1, -0.05) is 234 Å². The molecule has 0 saturated carbocycles. The van der Waals surface area contributed by atoms with Gasteiger partial charge in [-0.15, -0.1) is 0 Å². The van der Waals surface area contributed by atoms with E-state index in [0.29, 0.717) is 19.3 Å².